The zero-order valence-corrected chi connectivity index (χ0v) is 16.9. The van der Waals surface area contributed by atoms with Crippen LogP contribution in [-0.2, 0) is 0 Å². The van der Waals surface area contributed by atoms with Crippen LogP contribution in [0.4, 0.5) is 11.6 Å². The molecule has 0 saturated carbocycles. The molecule has 1 aliphatic rings. The molecule has 1 fully saturated rings. The van der Waals surface area contributed by atoms with Crippen molar-refractivity contribution in [1.82, 2.24) is 19.9 Å². The summed E-state index contributed by atoms with van der Waals surface area (Å²) in [6.07, 6.45) is 5.22. The predicted octanol–water partition coefficient (Wildman–Crippen LogP) is 4.60. The number of rotatable bonds is 4. The summed E-state index contributed by atoms with van der Waals surface area (Å²) in [6, 6.07) is 13.4. The number of aryl methyl sites for hydroxylation is 1. The Morgan fingerprint density at radius 1 is 1.21 bits per heavy atom. The van der Waals surface area contributed by atoms with Gasteiger partial charge in [-0.3, -0.25) is 4.79 Å². The summed E-state index contributed by atoms with van der Waals surface area (Å²) in [5.41, 5.74) is 3.63. The van der Waals surface area contributed by atoms with Crippen LogP contribution < -0.4 is 5.32 Å². The Morgan fingerprint density at radius 3 is 2.90 bits per heavy atom. The molecule has 0 unspecified atom stereocenters. The van der Waals surface area contributed by atoms with Crippen molar-refractivity contribution in [3.8, 4) is 0 Å². The summed E-state index contributed by atoms with van der Waals surface area (Å²) in [6.45, 7) is 3.41. The van der Waals surface area contributed by atoms with Crippen molar-refractivity contribution >= 4 is 29.1 Å². The number of aromatic nitrogens is 3. The maximum absolute atomic E-state index is 12.8. The van der Waals surface area contributed by atoms with Crippen LogP contribution in [-0.4, -0.2) is 38.8 Å². The largest absolute Gasteiger partial charge is 0.338 e. The molecular weight excluding hydrogens is 386 g/mol. The summed E-state index contributed by atoms with van der Waals surface area (Å²) >= 11 is 5.83. The Kier molecular flexibility index (Phi) is 5.71. The molecular formula is C22H22ClN5O. The number of halogens is 1. The van der Waals surface area contributed by atoms with E-state index in [4.69, 9.17) is 16.6 Å². The van der Waals surface area contributed by atoms with Gasteiger partial charge in [-0.1, -0.05) is 23.7 Å². The summed E-state index contributed by atoms with van der Waals surface area (Å²) < 4.78 is 0. The van der Waals surface area contributed by atoms with Gasteiger partial charge >= 0.3 is 0 Å². The van der Waals surface area contributed by atoms with Crippen molar-refractivity contribution in [3.63, 3.8) is 0 Å². The van der Waals surface area contributed by atoms with E-state index >= 15 is 0 Å². The van der Waals surface area contributed by atoms with Gasteiger partial charge in [-0.2, -0.15) is 0 Å². The van der Waals surface area contributed by atoms with Gasteiger partial charge in [0.05, 0.1) is 11.3 Å². The second-order valence-electron chi connectivity index (χ2n) is 7.26. The van der Waals surface area contributed by atoms with Crippen LogP contribution >= 0.6 is 11.6 Å². The average molecular weight is 408 g/mol. The van der Waals surface area contributed by atoms with Gasteiger partial charge in [0, 0.05) is 37.1 Å². The first-order chi connectivity index (χ1) is 14.1. The lowest BCUT2D eigenvalue weighted by atomic mass is 9.94. The zero-order valence-electron chi connectivity index (χ0n) is 16.2. The van der Waals surface area contributed by atoms with E-state index in [9.17, 15) is 4.79 Å². The molecule has 0 radical (unpaired) electrons. The minimum Gasteiger partial charge on any atom is -0.338 e. The molecule has 0 aliphatic carbocycles. The van der Waals surface area contributed by atoms with Crippen molar-refractivity contribution in [2.24, 2.45) is 0 Å². The van der Waals surface area contributed by atoms with Crippen molar-refractivity contribution in [3.05, 3.63) is 76.8 Å². The molecule has 6 nitrogen and oxygen atoms in total. The van der Waals surface area contributed by atoms with Gasteiger partial charge in [0.15, 0.2) is 0 Å². The highest BCUT2D eigenvalue weighted by Gasteiger charge is 2.26. The first-order valence-corrected chi connectivity index (χ1v) is 10.0. The third kappa shape index (κ3) is 4.71. The van der Waals surface area contributed by atoms with E-state index in [1.165, 1.54) is 11.8 Å². The number of amides is 1. The normalized spacial score (nSPS) is 16.5. The fourth-order valence-corrected chi connectivity index (χ4v) is 3.71. The number of pyridine rings is 1. The van der Waals surface area contributed by atoms with E-state index < -0.39 is 0 Å². The van der Waals surface area contributed by atoms with E-state index in [1.54, 1.807) is 18.3 Å². The first-order valence-electron chi connectivity index (χ1n) is 9.66. The second kappa shape index (κ2) is 8.57. The monoisotopic (exact) mass is 407 g/mol. The molecule has 3 aromatic rings. The van der Waals surface area contributed by atoms with E-state index in [-0.39, 0.29) is 11.8 Å². The van der Waals surface area contributed by atoms with Crippen LogP contribution in [0.15, 0.2) is 54.9 Å². The minimum atomic E-state index is -0.0222. The van der Waals surface area contributed by atoms with Crippen molar-refractivity contribution in [1.29, 1.82) is 0 Å². The topological polar surface area (TPSA) is 71.0 Å². The quantitative estimate of drug-likeness (QED) is 0.640. The predicted molar refractivity (Wildman–Crippen MR) is 114 cm³/mol. The van der Waals surface area contributed by atoms with Gasteiger partial charge in [0.2, 0.25) is 5.95 Å². The maximum Gasteiger partial charge on any atom is 0.255 e. The Labute approximate surface area is 175 Å². The Bertz CT molecular complexity index is 1010. The van der Waals surface area contributed by atoms with E-state index in [0.717, 1.165) is 30.8 Å². The fourth-order valence-electron chi connectivity index (χ4n) is 3.60. The zero-order chi connectivity index (χ0) is 20.2. The number of carbonyl (C=O) groups excluding carboxylic acids is 1. The molecule has 1 atom stereocenters. The Hall–Kier alpha value is -2.99. The lowest BCUT2D eigenvalue weighted by molar-refractivity contribution is 0.0705. The van der Waals surface area contributed by atoms with Crippen LogP contribution in [0.2, 0.25) is 5.15 Å². The van der Waals surface area contributed by atoms with Crippen LogP contribution in [0.5, 0.6) is 0 Å². The smallest absolute Gasteiger partial charge is 0.255 e. The number of anilines is 2. The van der Waals surface area contributed by atoms with Crippen LogP contribution in [0.1, 0.15) is 40.4 Å². The number of hydrogen-bond donors (Lipinski definition) is 1. The first kappa shape index (κ1) is 19.3. The third-order valence-electron chi connectivity index (χ3n) is 5.05. The average Bonchev–Trinajstić information content (AvgIpc) is 2.74. The van der Waals surface area contributed by atoms with Crippen molar-refractivity contribution in [2.75, 3.05) is 18.4 Å². The van der Waals surface area contributed by atoms with Crippen LogP contribution in [0.3, 0.4) is 0 Å². The van der Waals surface area contributed by atoms with E-state index in [0.29, 0.717) is 23.2 Å². The highest BCUT2D eigenvalue weighted by molar-refractivity contribution is 6.29. The van der Waals surface area contributed by atoms with Crippen molar-refractivity contribution < 1.29 is 4.79 Å². The standard InChI is InChI=1S/C22H22ClN5O/c1-15-4-2-6-18(12-15)26-22-24-10-9-19(27-22)17-5-3-11-28(14-17)21(29)16-7-8-20(23)25-13-16/h2,4,6-10,12-13,17H,3,5,11,14H2,1H3,(H,24,26,27)/t17-/m1/s1. The molecule has 3 heterocycles. The van der Waals surface area contributed by atoms with Gasteiger partial charge < -0.3 is 10.2 Å². The molecule has 1 aliphatic heterocycles. The number of nitrogens with zero attached hydrogens (tertiary/aromatic N) is 4. The van der Waals surface area contributed by atoms with E-state index in [1.807, 2.05) is 36.1 Å². The SMILES string of the molecule is Cc1cccc(Nc2nccc([C@@H]3CCCN(C(=O)c4ccc(Cl)nc4)C3)n2)c1. The molecule has 2 aromatic heterocycles. The van der Waals surface area contributed by atoms with Crippen molar-refractivity contribution in [2.45, 2.75) is 25.7 Å². The summed E-state index contributed by atoms with van der Waals surface area (Å²) in [5.74, 6) is 0.721. The molecule has 0 bridgehead atoms. The number of piperidine rings is 1. The summed E-state index contributed by atoms with van der Waals surface area (Å²) in [4.78, 5) is 27.8. The fraction of sp³-hybridized carbons (Fsp3) is 0.273. The number of likely N-dealkylation sites (tertiary alicyclic amines) is 1. The molecule has 1 amide bonds. The summed E-state index contributed by atoms with van der Waals surface area (Å²) in [5, 5.41) is 3.65. The van der Waals surface area contributed by atoms with Crippen LogP contribution in [0.25, 0.3) is 0 Å². The molecule has 1 saturated heterocycles. The second-order valence-corrected chi connectivity index (χ2v) is 7.65. The molecule has 1 aromatic carbocycles. The number of benzene rings is 1. The molecule has 4 rings (SSSR count). The Balaban J connectivity index is 1.48. The minimum absolute atomic E-state index is 0.0222. The van der Waals surface area contributed by atoms with Gasteiger partial charge in [-0.05, 0) is 55.7 Å². The number of nitrogens with one attached hydrogen (secondary N) is 1. The molecule has 1 N–H and O–H groups in total. The molecule has 0 spiro atoms. The highest BCUT2D eigenvalue weighted by Crippen LogP contribution is 2.27. The van der Waals surface area contributed by atoms with Gasteiger partial charge in [0.25, 0.3) is 5.91 Å². The number of hydrogen-bond acceptors (Lipinski definition) is 5. The highest BCUT2D eigenvalue weighted by atomic mass is 35.5. The molecule has 148 valence electrons. The summed E-state index contributed by atoms with van der Waals surface area (Å²) in [7, 11) is 0. The third-order valence-corrected chi connectivity index (χ3v) is 5.28. The van der Waals surface area contributed by atoms with Gasteiger partial charge in [0.1, 0.15) is 5.15 Å². The lowest BCUT2D eigenvalue weighted by Gasteiger charge is -2.32. The maximum atomic E-state index is 12.8. The molecule has 29 heavy (non-hydrogen) atoms. The van der Waals surface area contributed by atoms with Gasteiger partial charge in [-0.25, -0.2) is 15.0 Å². The Morgan fingerprint density at radius 2 is 2.10 bits per heavy atom. The molecule has 7 heteroatoms. The van der Waals surface area contributed by atoms with Gasteiger partial charge in [-0.15, -0.1) is 0 Å². The lowest BCUT2D eigenvalue weighted by Crippen LogP contribution is -2.39. The van der Waals surface area contributed by atoms with E-state index in [2.05, 4.69) is 21.4 Å². The van der Waals surface area contributed by atoms with Crippen LogP contribution in [0, 0.1) is 6.92 Å². The number of carbonyl (C=O) groups is 1.